The van der Waals surface area contributed by atoms with Gasteiger partial charge in [-0.1, -0.05) is 45.4 Å². The Morgan fingerprint density at radius 2 is 1.82 bits per heavy atom. The summed E-state index contributed by atoms with van der Waals surface area (Å²) in [6.07, 6.45) is 2.96. The molecular weight excluding hydrogens is 506 g/mol. The fourth-order valence-electron chi connectivity index (χ4n) is 2.84. The first-order valence-corrected chi connectivity index (χ1v) is 12.1. The smallest absolute Gasteiger partial charge is 0.276 e. The summed E-state index contributed by atoms with van der Waals surface area (Å²) in [5, 5.41) is 2.49. The molecule has 9 heteroatoms. The maximum Gasteiger partial charge on any atom is 0.276 e. The van der Waals surface area contributed by atoms with Crippen LogP contribution in [0.25, 0.3) is 0 Å². The predicted octanol–water partition coefficient (Wildman–Crippen LogP) is 4.86. The lowest BCUT2D eigenvalue weighted by atomic mass is 9.98. The molecule has 0 aromatic heterocycles. The third-order valence-electron chi connectivity index (χ3n) is 4.91. The van der Waals surface area contributed by atoms with Crippen molar-refractivity contribution in [3.05, 3.63) is 58.1 Å². The molecule has 7 nitrogen and oxygen atoms in total. The van der Waals surface area contributed by atoms with Gasteiger partial charge in [0.05, 0.1) is 11.1 Å². The highest BCUT2D eigenvalue weighted by Crippen LogP contribution is 2.28. The quantitative estimate of drug-likeness (QED) is 0.229. The summed E-state index contributed by atoms with van der Waals surface area (Å²) in [6, 6.07) is 12.7. The molecule has 0 aliphatic carbocycles. The fraction of sp³-hybridized carbons (Fsp3) is 0.375. The van der Waals surface area contributed by atoms with Crippen LogP contribution in [-0.2, 0) is 4.79 Å². The van der Waals surface area contributed by atoms with Gasteiger partial charge in [-0.3, -0.25) is 25.8 Å². The van der Waals surface area contributed by atoms with E-state index >= 15 is 0 Å². The number of hydrogen-bond acceptors (Lipinski definition) is 5. The van der Waals surface area contributed by atoms with E-state index in [0.717, 1.165) is 24.8 Å². The largest absolute Gasteiger partial charge is 0.492 e. The van der Waals surface area contributed by atoms with Gasteiger partial charge in [-0.25, -0.2) is 0 Å². The van der Waals surface area contributed by atoms with Gasteiger partial charge in [0.25, 0.3) is 11.8 Å². The van der Waals surface area contributed by atoms with Gasteiger partial charge in [0.1, 0.15) is 11.5 Å². The molecule has 2 rings (SSSR count). The van der Waals surface area contributed by atoms with Gasteiger partial charge in [0.2, 0.25) is 0 Å². The minimum atomic E-state index is -0.429. The van der Waals surface area contributed by atoms with Crippen molar-refractivity contribution in [2.45, 2.75) is 46.0 Å². The Morgan fingerprint density at radius 1 is 1.06 bits per heavy atom. The number of hydrazine groups is 1. The minimum absolute atomic E-state index is 0.0345. The highest BCUT2D eigenvalue weighted by molar-refractivity contribution is 9.10. The molecule has 0 radical (unpaired) electrons. The molecule has 2 amide bonds. The van der Waals surface area contributed by atoms with Crippen molar-refractivity contribution < 1.29 is 19.1 Å². The second-order valence-electron chi connectivity index (χ2n) is 7.44. The minimum Gasteiger partial charge on any atom is -0.492 e. The van der Waals surface area contributed by atoms with E-state index < -0.39 is 11.8 Å². The van der Waals surface area contributed by atoms with Gasteiger partial charge in [-0.05, 0) is 76.7 Å². The summed E-state index contributed by atoms with van der Waals surface area (Å²) < 4.78 is 12.0. The Hall–Kier alpha value is -2.65. The summed E-state index contributed by atoms with van der Waals surface area (Å²) in [6.45, 7) is 6.72. The van der Waals surface area contributed by atoms with E-state index in [0.29, 0.717) is 34.1 Å². The number of unbranched alkanes of at least 4 members (excludes halogenated alkanes) is 1. The molecule has 3 N–H and O–H groups in total. The van der Waals surface area contributed by atoms with Crippen molar-refractivity contribution in [2.75, 3.05) is 13.2 Å². The fourth-order valence-corrected chi connectivity index (χ4v) is 3.47. The maximum absolute atomic E-state index is 12.4. The zero-order chi connectivity index (χ0) is 24.2. The average Bonchev–Trinajstić information content (AvgIpc) is 2.82. The molecular formula is C24H30BrN3O4S. The molecule has 33 heavy (non-hydrogen) atoms. The van der Waals surface area contributed by atoms with E-state index in [2.05, 4.69) is 52.9 Å². The second-order valence-corrected chi connectivity index (χ2v) is 8.70. The van der Waals surface area contributed by atoms with E-state index in [4.69, 9.17) is 21.7 Å². The van der Waals surface area contributed by atoms with Crippen molar-refractivity contribution in [1.29, 1.82) is 0 Å². The Balaban J connectivity index is 1.80. The van der Waals surface area contributed by atoms with Gasteiger partial charge in [-0.15, -0.1) is 0 Å². The van der Waals surface area contributed by atoms with Crippen molar-refractivity contribution in [1.82, 2.24) is 16.2 Å². The highest BCUT2D eigenvalue weighted by atomic mass is 79.9. The Labute approximate surface area is 208 Å². The lowest BCUT2D eigenvalue weighted by Gasteiger charge is -2.16. The molecule has 0 heterocycles. The number of carbonyl (C=O) groups is 2. The Kier molecular flexibility index (Phi) is 11.1. The molecule has 0 aliphatic heterocycles. The van der Waals surface area contributed by atoms with Gasteiger partial charge < -0.3 is 9.47 Å². The van der Waals surface area contributed by atoms with Gasteiger partial charge in [0, 0.05) is 5.56 Å². The SMILES string of the molecule is CCCCOc1ccc(C(=O)NC(=S)NNC(=O)COc2ccccc2C(C)CC)cc1Br. The van der Waals surface area contributed by atoms with E-state index in [1.807, 2.05) is 24.3 Å². The monoisotopic (exact) mass is 535 g/mol. The molecule has 0 fully saturated rings. The van der Waals surface area contributed by atoms with Crippen LogP contribution in [0.3, 0.4) is 0 Å². The molecule has 1 atom stereocenters. The number of hydrogen-bond donors (Lipinski definition) is 3. The van der Waals surface area contributed by atoms with Gasteiger partial charge in [0.15, 0.2) is 11.7 Å². The molecule has 0 spiro atoms. The number of para-hydroxylation sites is 1. The van der Waals surface area contributed by atoms with Crippen molar-refractivity contribution >= 4 is 45.1 Å². The molecule has 2 aromatic carbocycles. The number of benzene rings is 2. The van der Waals surface area contributed by atoms with E-state index in [9.17, 15) is 9.59 Å². The third-order valence-corrected chi connectivity index (χ3v) is 5.74. The van der Waals surface area contributed by atoms with Crippen LogP contribution in [0.5, 0.6) is 11.5 Å². The summed E-state index contributed by atoms with van der Waals surface area (Å²) in [4.78, 5) is 24.6. The van der Waals surface area contributed by atoms with Crippen molar-refractivity contribution in [3.8, 4) is 11.5 Å². The van der Waals surface area contributed by atoms with Crippen LogP contribution in [0.4, 0.5) is 0 Å². The zero-order valence-corrected chi connectivity index (χ0v) is 21.5. The van der Waals surface area contributed by atoms with E-state index in [1.165, 1.54) is 0 Å². The number of amides is 2. The molecule has 0 aliphatic rings. The molecule has 2 aromatic rings. The van der Waals surface area contributed by atoms with Crippen LogP contribution in [0, 0.1) is 0 Å². The average molecular weight is 536 g/mol. The topological polar surface area (TPSA) is 88.7 Å². The Bertz CT molecular complexity index is 970. The Morgan fingerprint density at radius 3 is 2.52 bits per heavy atom. The van der Waals surface area contributed by atoms with Crippen LogP contribution in [-0.4, -0.2) is 30.1 Å². The lowest BCUT2D eigenvalue weighted by molar-refractivity contribution is -0.123. The summed E-state index contributed by atoms with van der Waals surface area (Å²) in [5.74, 6) is 0.818. The highest BCUT2D eigenvalue weighted by Gasteiger charge is 2.13. The van der Waals surface area contributed by atoms with Gasteiger partial charge >= 0.3 is 0 Å². The van der Waals surface area contributed by atoms with Crippen LogP contribution >= 0.6 is 28.1 Å². The number of thiocarbonyl (C=S) groups is 1. The third kappa shape index (κ3) is 8.66. The van der Waals surface area contributed by atoms with Crippen molar-refractivity contribution in [2.24, 2.45) is 0 Å². The van der Waals surface area contributed by atoms with Crippen LogP contribution in [0.2, 0.25) is 0 Å². The van der Waals surface area contributed by atoms with Gasteiger partial charge in [-0.2, -0.15) is 0 Å². The first kappa shape index (κ1) is 26.6. The van der Waals surface area contributed by atoms with Crippen LogP contribution in [0.15, 0.2) is 46.9 Å². The molecule has 178 valence electrons. The first-order valence-electron chi connectivity index (χ1n) is 10.9. The summed E-state index contributed by atoms with van der Waals surface area (Å²) >= 11 is 8.51. The summed E-state index contributed by atoms with van der Waals surface area (Å²) in [5.41, 5.74) is 6.38. The second kappa shape index (κ2) is 13.8. The van der Waals surface area contributed by atoms with E-state index in [-0.39, 0.29) is 11.7 Å². The zero-order valence-electron chi connectivity index (χ0n) is 19.1. The maximum atomic E-state index is 12.4. The molecule has 0 saturated heterocycles. The van der Waals surface area contributed by atoms with Crippen molar-refractivity contribution in [3.63, 3.8) is 0 Å². The predicted molar refractivity (Wildman–Crippen MR) is 137 cm³/mol. The normalized spacial score (nSPS) is 11.3. The number of halogens is 1. The number of rotatable bonds is 10. The lowest BCUT2D eigenvalue weighted by Crippen LogP contribution is -2.49. The van der Waals surface area contributed by atoms with E-state index in [1.54, 1.807) is 18.2 Å². The molecule has 1 unspecified atom stereocenters. The summed E-state index contributed by atoms with van der Waals surface area (Å²) in [7, 11) is 0. The van der Waals surface area contributed by atoms with Crippen LogP contribution in [0.1, 0.15) is 61.9 Å². The number of nitrogens with one attached hydrogen (secondary N) is 3. The molecule has 0 bridgehead atoms. The number of ether oxygens (including phenoxy) is 2. The standard InChI is InChI=1S/C24H30BrN3O4S/c1-4-6-13-31-21-12-11-17(14-19(21)25)23(30)26-24(33)28-27-22(29)15-32-20-10-8-7-9-18(20)16(3)5-2/h7-12,14,16H,4-6,13,15H2,1-3H3,(H,27,29)(H2,26,28,30,33). The van der Waals surface area contributed by atoms with Crippen LogP contribution < -0.4 is 25.6 Å². The molecule has 0 saturated carbocycles. The first-order chi connectivity index (χ1) is 15.8. The number of carbonyl (C=O) groups excluding carboxylic acids is 2.